The molecule has 0 bridgehead atoms. The number of pyridine rings is 1. The normalized spacial score (nSPS) is 10.9. The van der Waals surface area contributed by atoms with Crippen LogP contribution in [0.25, 0.3) is 5.82 Å². The highest BCUT2D eigenvalue weighted by Gasteiger charge is 2.18. The minimum absolute atomic E-state index is 0.181. The Hall–Kier alpha value is -3.32. The number of hydrogen-bond donors (Lipinski definition) is 1. The number of carbonyl (C=O) groups excluding carboxylic acids is 1. The minimum atomic E-state index is -0.181. The zero-order valence-corrected chi connectivity index (χ0v) is 19.5. The van der Waals surface area contributed by atoms with Crippen molar-refractivity contribution in [3.63, 3.8) is 0 Å². The van der Waals surface area contributed by atoms with E-state index in [0.29, 0.717) is 29.4 Å². The van der Waals surface area contributed by atoms with Crippen molar-refractivity contribution in [2.45, 2.75) is 27.7 Å². The Bertz CT molecular complexity index is 1040. The third-order valence-corrected chi connectivity index (χ3v) is 5.54. The van der Waals surface area contributed by atoms with Crippen LogP contribution in [0, 0.1) is 13.8 Å². The molecule has 1 amide bonds. The van der Waals surface area contributed by atoms with E-state index in [1.54, 1.807) is 25.4 Å². The zero-order chi connectivity index (χ0) is 23.1. The fourth-order valence-corrected chi connectivity index (χ4v) is 3.72. The number of ether oxygens (including phenoxy) is 2. The molecule has 7 heteroatoms. The van der Waals surface area contributed by atoms with E-state index < -0.39 is 0 Å². The molecule has 0 fully saturated rings. The summed E-state index contributed by atoms with van der Waals surface area (Å²) >= 11 is 0. The summed E-state index contributed by atoms with van der Waals surface area (Å²) in [6, 6.07) is 13.0. The number of amides is 1. The van der Waals surface area contributed by atoms with Crippen molar-refractivity contribution in [2.75, 3.05) is 38.7 Å². The van der Waals surface area contributed by atoms with E-state index in [2.05, 4.69) is 29.0 Å². The first-order valence-electron chi connectivity index (χ1n) is 10.9. The van der Waals surface area contributed by atoms with Gasteiger partial charge in [0.25, 0.3) is 5.91 Å². The Morgan fingerprint density at radius 1 is 1.09 bits per heavy atom. The number of aromatic nitrogens is 2. The molecule has 0 aliphatic rings. The number of carbonyl (C=O) groups is 1. The highest BCUT2D eigenvalue weighted by atomic mass is 16.5. The van der Waals surface area contributed by atoms with Crippen molar-refractivity contribution >= 4 is 11.6 Å². The maximum absolute atomic E-state index is 13.1. The molecule has 170 valence electrons. The van der Waals surface area contributed by atoms with Gasteiger partial charge in [-0.1, -0.05) is 19.9 Å². The number of nitrogens with one attached hydrogen (secondary N) is 1. The van der Waals surface area contributed by atoms with E-state index in [4.69, 9.17) is 9.47 Å². The molecule has 0 atom stereocenters. The van der Waals surface area contributed by atoms with Crippen LogP contribution >= 0.6 is 0 Å². The van der Waals surface area contributed by atoms with Crippen LogP contribution in [0.3, 0.4) is 0 Å². The second kappa shape index (κ2) is 10.8. The number of benzene rings is 1. The van der Waals surface area contributed by atoms with Crippen molar-refractivity contribution in [3.05, 3.63) is 65.6 Å². The summed E-state index contributed by atoms with van der Waals surface area (Å²) in [5.41, 5.74) is 3.04. The predicted molar refractivity (Wildman–Crippen MR) is 127 cm³/mol. The van der Waals surface area contributed by atoms with Crippen LogP contribution in [-0.2, 0) is 0 Å². The van der Waals surface area contributed by atoms with Gasteiger partial charge < -0.3 is 24.3 Å². The maximum Gasteiger partial charge on any atom is 0.257 e. The van der Waals surface area contributed by atoms with Gasteiger partial charge in [-0.25, -0.2) is 4.98 Å². The van der Waals surface area contributed by atoms with Gasteiger partial charge in [0.1, 0.15) is 12.4 Å². The Morgan fingerprint density at radius 2 is 1.88 bits per heavy atom. The third kappa shape index (κ3) is 5.29. The fraction of sp³-hybridized carbons (Fsp3) is 0.360. The van der Waals surface area contributed by atoms with Crippen molar-refractivity contribution in [1.29, 1.82) is 0 Å². The molecule has 32 heavy (non-hydrogen) atoms. The lowest BCUT2D eigenvalue weighted by Gasteiger charge is -2.19. The first-order chi connectivity index (χ1) is 15.5. The van der Waals surface area contributed by atoms with Crippen LogP contribution in [-0.4, -0.2) is 53.7 Å². The molecule has 0 radical (unpaired) electrons. The summed E-state index contributed by atoms with van der Waals surface area (Å²) < 4.78 is 13.4. The average Bonchev–Trinajstić information content (AvgIpc) is 3.11. The van der Waals surface area contributed by atoms with Crippen molar-refractivity contribution < 1.29 is 14.3 Å². The van der Waals surface area contributed by atoms with Crippen molar-refractivity contribution in [3.8, 4) is 17.3 Å². The van der Waals surface area contributed by atoms with E-state index in [9.17, 15) is 4.79 Å². The number of hydrogen-bond acceptors (Lipinski definition) is 5. The summed E-state index contributed by atoms with van der Waals surface area (Å²) in [7, 11) is 1.61. The summed E-state index contributed by atoms with van der Waals surface area (Å²) in [5.74, 6) is 1.85. The second-order valence-electron chi connectivity index (χ2n) is 7.50. The second-order valence-corrected chi connectivity index (χ2v) is 7.50. The average molecular weight is 437 g/mol. The quantitative estimate of drug-likeness (QED) is 0.508. The number of aryl methyl sites for hydroxylation is 1. The highest BCUT2D eigenvalue weighted by Crippen LogP contribution is 2.31. The predicted octanol–water partition coefficient (Wildman–Crippen LogP) is 4.47. The number of nitrogens with zero attached hydrogens (tertiary/aromatic N) is 3. The highest BCUT2D eigenvalue weighted by molar-refractivity contribution is 6.05. The fourth-order valence-electron chi connectivity index (χ4n) is 3.72. The van der Waals surface area contributed by atoms with E-state index in [1.165, 1.54) is 0 Å². The van der Waals surface area contributed by atoms with Gasteiger partial charge >= 0.3 is 0 Å². The number of likely N-dealkylation sites (N-methyl/N-ethyl adjacent to an activating group) is 1. The van der Waals surface area contributed by atoms with E-state index in [1.807, 2.05) is 48.7 Å². The third-order valence-electron chi connectivity index (χ3n) is 5.54. The lowest BCUT2D eigenvalue weighted by molar-refractivity contribution is 0.102. The SMILES string of the molecule is CCN(CC)CCOc1cc(NC(=O)c2cc(C)n(-c3ccccn3)c2C)ccc1OC. The molecule has 3 rings (SSSR count). The van der Waals surface area contributed by atoms with Gasteiger partial charge in [-0.05, 0) is 57.3 Å². The van der Waals surface area contributed by atoms with Crippen LogP contribution < -0.4 is 14.8 Å². The molecular weight excluding hydrogens is 404 g/mol. The molecule has 0 unspecified atom stereocenters. The minimum Gasteiger partial charge on any atom is -0.493 e. The molecule has 0 aliphatic heterocycles. The molecule has 1 N–H and O–H groups in total. The standard InChI is InChI=1S/C25H32N4O3/c1-6-28(7-2)14-15-32-23-17-20(11-12-22(23)31-5)27-25(30)21-16-18(3)29(19(21)4)24-10-8-9-13-26-24/h8-13,16-17H,6-7,14-15H2,1-5H3,(H,27,30). The van der Waals surface area contributed by atoms with Crippen LogP contribution in [0.4, 0.5) is 5.69 Å². The van der Waals surface area contributed by atoms with Crippen LogP contribution in [0.5, 0.6) is 11.5 Å². The zero-order valence-electron chi connectivity index (χ0n) is 19.5. The molecule has 0 spiro atoms. The molecule has 1 aromatic carbocycles. The number of anilines is 1. The maximum atomic E-state index is 13.1. The van der Waals surface area contributed by atoms with Gasteiger partial charge in [-0.2, -0.15) is 0 Å². The van der Waals surface area contributed by atoms with Gasteiger partial charge in [-0.15, -0.1) is 0 Å². The summed E-state index contributed by atoms with van der Waals surface area (Å²) in [4.78, 5) is 19.8. The van der Waals surface area contributed by atoms with E-state index in [0.717, 1.165) is 36.8 Å². The van der Waals surface area contributed by atoms with Crippen LogP contribution in [0.1, 0.15) is 35.6 Å². The molecule has 2 aromatic heterocycles. The molecule has 2 heterocycles. The van der Waals surface area contributed by atoms with Crippen molar-refractivity contribution in [2.24, 2.45) is 0 Å². The van der Waals surface area contributed by atoms with Gasteiger partial charge in [0.2, 0.25) is 0 Å². The Kier molecular flexibility index (Phi) is 7.89. The summed E-state index contributed by atoms with van der Waals surface area (Å²) in [5, 5.41) is 2.99. The molecule has 0 saturated heterocycles. The monoisotopic (exact) mass is 436 g/mol. The Labute approximate surface area is 190 Å². The topological polar surface area (TPSA) is 68.6 Å². The Balaban J connectivity index is 1.77. The lowest BCUT2D eigenvalue weighted by atomic mass is 10.2. The van der Waals surface area contributed by atoms with Crippen LogP contribution in [0.15, 0.2) is 48.7 Å². The number of rotatable bonds is 10. The molecular formula is C25H32N4O3. The first kappa shape index (κ1) is 23.3. The van der Waals surface area contributed by atoms with Gasteiger partial charge in [-0.3, -0.25) is 4.79 Å². The van der Waals surface area contributed by atoms with Crippen molar-refractivity contribution in [1.82, 2.24) is 14.5 Å². The lowest BCUT2D eigenvalue weighted by Crippen LogP contribution is -2.28. The first-order valence-corrected chi connectivity index (χ1v) is 10.9. The Morgan fingerprint density at radius 3 is 2.53 bits per heavy atom. The number of methoxy groups -OCH3 is 1. The van der Waals surface area contributed by atoms with Crippen LogP contribution in [0.2, 0.25) is 0 Å². The summed E-state index contributed by atoms with van der Waals surface area (Å²) in [6.45, 7) is 11.5. The van der Waals surface area contributed by atoms with E-state index >= 15 is 0 Å². The van der Waals surface area contributed by atoms with Gasteiger partial charge in [0.15, 0.2) is 11.5 Å². The smallest absolute Gasteiger partial charge is 0.257 e. The van der Waals surface area contributed by atoms with Gasteiger partial charge in [0.05, 0.1) is 12.7 Å². The largest absolute Gasteiger partial charge is 0.493 e. The summed E-state index contributed by atoms with van der Waals surface area (Å²) in [6.07, 6.45) is 1.74. The van der Waals surface area contributed by atoms with E-state index in [-0.39, 0.29) is 5.91 Å². The molecule has 0 saturated carbocycles. The van der Waals surface area contributed by atoms with Gasteiger partial charge in [0, 0.05) is 35.9 Å². The molecule has 0 aliphatic carbocycles. The molecule has 7 nitrogen and oxygen atoms in total. The molecule has 3 aromatic rings.